The summed E-state index contributed by atoms with van der Waals surface area (Å²) >= 11 is 1.79. The van der Waals surface area contributed by atoms with E-state index in [0.29, 0.717) is 37.6 Å². The van der Waals surface area contributed by atoms with Gasteiger partial charge in [-0.1, -0.05) is 13.0 Å². The number of rotatable bonds is 5. The van der Waals surface area contributed by atoms with Gasteiger partial charge >= 0.3 is 0 Å². The van der Waals surface area contributed by atoms with Gasteiger partial charge in [-0.15, -0.1) is 11.3 Å². The SMILES string of the molecule is CCC1c2ccsc2CCN1C(=O)CN1CCN(S(=O)(=O)c2ccc3c(c2)CCC3)CC1. The highest BCUT2D eigenvalue weighted by molar-refractivity contribution is 7.89. The summed E-state index contributed by atoms with van der Waals surface area (Å²) in [5.41, 5.74) is 3.77. The van der Waals surface area contributed by atoms with Crippen molar-refractivity contribution in [1.29, 1.82) is 0 Å². The van der Waals surface area contributed by atoms with Crippen molar-refractivity contribution >= 4 is 27.3 Å². The van der Waals surface area contributed by atoms with Crippen LogP contribution in [0.1, 0.15) is 47.4 Å². The molecule has 1 atom stereocenters. The van der Waals surface area contributed by atoms with Crippen LogP contribution in [0.2, 0.25) is 0 Å². The maximum absolute atomic E-state index is 13.2. The largest absolute Gasteiger partial charge is 0.334 e. The number of hydrogen-bond donors (Lipinski definition) is 0. The number of piperazine rings is 1. The Bertz CT molecular complexity index is 1100. The van der Waals surface area contributed by atoms with E-state index in [2.05, 4.69) is 23.3 Å². The van der Waals surface area contributed by atoms with E-state index in [1.807, 2.05) is 17.0 Å². The average molecular weight is 474 g/mol. The molecule has 1 fully saturated rings. The minimum atomic E-state index is -3.48. The predicted molar refractivity (Wildman–Crippen MR) is 126 cm³/mol. The number of amides is 1. The normalized spacial score (nSPS) is 22.0. The lowest BCUT2D eigenvalue weighted by Gasteiger charge is -2.38. The molecule has 1 saturated heterocycles. The van der Waals surface area contributed by atoms with Crippen molar-refractivity contribution in [1.82, 2.24) is 14.1 Å². The minimum absolute atomic E-state index is 0.156. The number of hydrogen-bond acceptors (Lipinski definition) is 5. The molecule has 2 aromatic rings. The van der Waals surface area contributed by atoms with Gasteiger partial charge in [0, 0.05) is 37.6 Å². The smallest absolute Gasteiger partial charge is 0.243 e. The Hall–Kier alpha value is -1.74. The van der Waals surface area contributed by atoms with E-state index in [4.69, 9.17) is 0 Å². The Labute approximate surface area is 194 Å². The molecular weight excluding hydrogens is 442 g/mol. The number of thiophene rings is 1. The molecule has 1 aromatic heterocycles. The summed E-state index contributed by atoms with van der Waals surface area (Å²) in [5.74, 6) is 0.156. The molecule has 6 nitrogen and oxygen atoms in total. The van der Waals surface area contributed by atoms with E-state index in [1.165, 1.54) is 21.6 Å². The van der Waals surface area contributed by atoms with Crippen molar-refractivity contribution in [3.05, 3.63) is 51.2 Å². The van der Waals surface area contributed by atoms with Gasteiger partial charge in [-0.25, -0.2) is 8.42 Å². The molecule has 1 unspecified atom stereocenters. The Morgan fingerprint density at radius 2 is 1.81 bits per heavy atom. The minimum Gasteiger partial charge on any atom is -0.334 e. The Morgan fingerprint density at radius 3 is 2.59 bits per heavy atom. The van der Waals surface area contributed by atoms with Crippen molar-refractivity contribution in [3.63, 3.8) is 0 Å². The number of carbonyl (C=O) groups is 1. The molecule has 172 valence electrons. The van der Waals surface area contributed by atoms with Gasteiger partial charge in [0.25, 0.3) is 0 Å². The number of benzene rings is 1. The summed E-state index contributed by atoms with van der Waals surface area (Å²) in [6.07, 6.45) is 4.97. The summed E-state index contributed by atoms with van der Waals surface area (Å²) in [7, 11) is -3.48. The van der Waals surface area contributed by atoms with Crippen LogP contribution in [0.15, 0.2) is 34.5 Å². The van der Waals surface area contributed by atoms with Crippen molar-refractivity contribution in [2.24, 2.45) is 0 Å². The highest BCUT2D eigenvalue weighted by Crippen LogP contribution is 2.35. The highest BCUT2D eigenvalue weighted by atomic mass is 32.2. The fraction of sp³-hybridized carbons (Fsp3) is 0.542. The summed E-state index contributed by atoms with van der Waals surface area (Å²) in [6.45, 7) is 5.31. The molecule has 8 heteroatoms. The molecule has 5 rings (SSSR count). The van der Waals surface area contributed by atoms with Crippen molar-refractivity contribution < 1.29 is 13.2 Å². The summed E-state index contributed by atoms with van der Waals surface area (Å²) in [5, 5.41) is 2.13. The topological polar surface area (TPSA) is 60.9 Å². The lowest BCUT2D eigenvalue weighted by atomic mass is 9.97. The van der Waals surface area contributed by atoms with E-state index in [-0.39, 0.29) is 11.9 Å². The molecule has 32 heavy (non-hydrogen) atoms. The van der Waals surface area contributed by atoms with Crippen LogP contribution in [0.5, 0.6) is 0 Å². The predicted octanol–water partition coefficient (Wildman–Crippen LogP) is 3.08. The second-order valence-electron chi connectivity index (χ2n) is 9.02. The molecule has 1 aromatic carbocycles. The Balaban J connectivity index is 1.20. The quantitative estimate of drug-likeness (QED) is 0.670. The van der Waals surface area contributed by atoms with Gasteiger partial charge in [0.15, 0.2) is 0 Å². The van der Waals surface area contributed by atoms with E-state index < -0.39 is 10.0 Å². The average Bonchev–Trinajstić information content (AvgIpc) is 3.47. The van der Waals surface area contributed by atoms with Gasteiger partial charge in [0.05, 0.1) is 17.5 Å². The summed E-state index contributed by atoms with van der Waals surface area (Å²) < 4.78 is 27.9. The maximum atomic E-state index is 13.2. The van der Waals surface area contributed by atoms with Crippen LogP contribution in [0.25, 0.3) is 0 Å². The summed E-state index contributed by atoms with van der Waals surface area (Å²) in [6, 6.07) is 7.93. The van der Waals surface area contributed by atoms with Crippen LogP contribution in [0.4, 0.5) is 0 Å². The third-order valence-corrected chi connectivity index (χ3v) is 10.1. The van der Waals surface area contributed by atoms with Crippen molar-refractivity contribution in [2.75, 3.05) is 39.3 Å². The maximum Gasteiger partial charge on any atom is 0.243 e. The molecule has 1 aliphatic carbocycles. The Kier molecular flexibility index (Phi) is 6.13. The molecular formula is C24H31N3O3S2. The fourth-order valence-electron chi connectivity index (χ4n) is 5.40. The van der Waals surface area contributed by atoms with Crippen molar-refractivity contribution in [3.8, 4) is 0 Å². The number of carbonyl (C=O) groups excluding carboxylic acids is 1. The molecule has 0 N–H and O–H groups in total. The molecule has 1 amide bonds. The van der Waals surface area contributed by atoms with Gasteiger partial charge in [-0.2, -0.15) is 4.31 Å². The summed E-state index contributed by atoms with van der Waals surface area (Å²) in [4.78, 5) is 19.1. The van der Waals surface area contributed by atoms with Crippen LogP contribution in [-0.2, 0) is 34.1 Å². The zero-order valence-corrected chi connectivity index (χ0v) is 20.3. The van der Waals surface area contributed by atoms with E-state index >= 15 is 0 Å². The number of nitrogens with zero attached hydrogens (tertiary/aromatic N) is 3. The molecule has 3 heterocycles. The number of aryl methyl sites for hydroxylation is 2. The first-order valence-corrected chi connectivity index (χ1v) is 14.0. The lowest BCUT2D eigenvalue weighted by molar-refractivity contribution is -0.135. The van der Waals surface area contributed by atoms with E-state index in [9.17, 15) is 13.2 Å². The second kappa shape index (κ2) is 8.89. The zero-order valence-electron chi connectivity index (χ0n) is 18.6. The standard InChI is InChI=1S/C24H31N3O3S2/c1-2-22-21-9-15-31-23(21)8-10-27(22)24(28)17-25-11-13-26(14-12-25)32(29,30)20-7-6-18-4-3-5-19(18)16-20/h6-7,9,15-16,22H,2-5,8,10-14,17H2,1H3. The van der Waals surface area contributed by atoms with Crippen LogP contribution in [-0.4, -0.2) is 67.7 Å². The Morgan fingerprint density at radius 1 is 1.03 bits per heavy atom. The first kappa shape index (κ1) is 22.1. The fourth-order valence-corrected chi connectivity index (χ4v) is 7.80. The lowest BCUT2D eigenvalue weighted by Crippen LogP contribution is -2.52. The molecule has 0 spiro atoms. The molecule has 0 saturated carbocycles. The third-order valence-electron chi connectivity index (χ3n) is 7.20. The molecule has 0 bridgehead atoms. The van der Waals surface area contributed by atoms with Gasteiger partial charge in [-0.05, 0) is 72.4 Å². The first-order chi connectivity index (χ1) is 15.5. The van der Waals surface area contributed by atoms with Crippen LogP contribution < -0.4 is 0 Å². The van der Waals surface area contributed by atoms with Crippen LogP contribution in [0, 0.1) is 0 Å². The highest BCUT2D eigenvalue weighted by Gasteiger charge is 2.33. The van der Waals surface area contributed by atoms with Crippen LogP contribution >= 0.6 is 11.3 Å². The number of sulfonamides is 1. The molecule has 3 aliphatic rings. The van der Waals surface area contributed by atoms with Gasteiger partial charge in [0.1, 0.15) is 0 Å². The first-order valence-electron chi connectivity index (χ1n) is 11.7. The van der Waals surface area contributed by atoms with E-state index in [0.717, 1.165) is 38.6 Å². The number of fused-ring (bicyclic) bond motifs is 2. The van der Waals surface area contributed by atoms with Gasteiger partial charge in [-0.3, -0.25) is 9.69 Å². The molecule has 2 aliphatic heterocycles. The zero-order chi connectivity index (χ0) is 22.3. The van der Waals surface area contributed by atoms with Crippen molar-refractivity contribution in [2.45, 2.75) is 50.0 Å². The third kappa shape index (κ3) is 4.02. The van der Waals surface area contributed by atoms with Gasteiger partial charge < -0.3 is 4.90 Å². The molecule has 0 radical (unpaired) electrons. The monoisotopic (exact) mass is 473 g/mol. The second-order valence-corrected chi connectivity index (χ2v) is 12.0. The van der Waals surface area contributed by atoms with Gasteiger partial charge in [0.2, 0.25) is 15.9 Å². The van der Waals surface area contributed by atoms with E-state index in [1.54, 1.807) is 21.7 Å². The van der Waals surface area contributed by atoms with Crippen LogP contribution in [0.3, 0.4) is 0 Å².